The third-order valence-corrected chi connectivity index (χ3v) is 4.89. The van der Waals surface area contributed by atoms with Crippen molar-refractivity contribution in [2.75, 3.05) is 39.8 Å². The monoisotopic (exact) mass is 287 g/mol. The molecule has 1 aromatic carbocycles. The Morgan fingerprint density at radius 3 is 2.33 bits per heavy atom. The minimum Gasteiger partial charge on any atom is -0.337 e. The largest absolute Gasteiger partial charge is 0.337 e. The van der Waals surface area contributed by atoms with Crippen LogP contribution in [0.25, 0.3) is 0 Å². The zero-order chi connectivity index (χ0) is 14.9. The molecule has 1 heterocycles. The number of hydrogen-bond acceptors (Lipinski definition) is 2. The van der Waals surface area contributed by atoms with Gasteiger partial charge in [0.15, 0.2) is 0 Å². The first kappa shape index (κ1) is 14.4. The van der Waals surface area contributed by atoms with E-state index in [9.17, 15) is 4.79 Å². The van der Waals surface area contributed by atoms with Crippen molar-refractivity contribution in [3.05, 3.63) is 35.4 Å². The summed E-state index contributed by atoms with van der Waals surface area (Å²) < 4.78 is 0. The number of piperazine rings is 1. The fourth-order valence-electron chi connectivity index (χ4n) is 2.99. The van der Waals surface area contributed by atoms with Crippen molar-refractivity contribution in [2.24, 2.45) is 0 Å². The van der Waals surface area contributed by atoms with Crippen LogP contribution in [0.3, 0.4) is 0 Å². The first-order valence-corrected chi connectivity index (χ1v) is 7.88. The highest BCUT2D eigenvalue weighted by Crippen LogP contribution is 2.47. The van der Waals surface area contributed by atoms with Gasteiger partial charge in [-0.05, 0) is 32.4 Å². The number of amides is 2. The molecule has 1 saturated heterocycles. The summed E-state index contributed by atoms with van der Waals surface area (Å²) >= 11 is 0. The lowest BCUT2D eigenvalue weighted by Crippen LogP contribution is -2.51. The van der Waals surface area contributed by atoms with E-state index in [1.807, 2.05) is 4.90 Å². The molecule has 1 aromatic rings. The van der Waals surface area contributed by atoms with E-state index in [1.54, 1.807) is 0 Å². The predicted molar refractivity (Wildman–Crippen MR) is 84.6 cm³/mol. The average Bonchev–Trinajstić information content (AvgIpc) is 3.27. The van der Waals surface area contributed by atoms with Crippen LogP contribution in [0.1, 0.15) is 24.0 Å². The molecule has 0 bridgehead atoms. The second-order valence-corrected chi connectivity index (χ2v) is 6.60. The summed E-state index contributed by atoms with van der Waals surface area (Å²) in [5.74, 6) is 0. The molecule has 1 N–H and O–H groups in total. The van der Waals surface area contributed by atoms with Gasteiger partial charge >= 0.3 is 6.03 Å². The van der Waals surface area contributed by atoms with E-state index in [1.165, 1.54) is 24.0 Å². The van der Waals surface area contributed by atoms with Gasteiger partial charge in [-0.15, -0.1) is 0 Å². The minimum absolute atomic E-state index is 0.0986. The van der Waals surface area contributed by atoms with Gasteiger partial charge in [0, 0.05) is 38.1 Å². The van der Waals surface area contributed by atoms with Crippen LogP contribution in [0.15, 0.2) is 24.3 Å². The van der Waals surface area contributed by atoms with Gasteiger partial charge in [-0.25, -0.2) is 4.79 Å². The van der Waals surface area contributed by atoms with Crippen LogP contribution in [0.4, 0.5) is 4.79 Å². The Bertz CT molecular complexity index is 499. The summed E-state index contributed by atoms with van der Waals surface area (Å²) in [6.45, 7) is 6.48. The zero-order valence-electron chi connectivity index (χ0n) is 13.1. The number of likely N-dealkylation sites (N-methyl/N-ethyl adjacent to an activating group) is 1. The van der Waals surface area contributed by atoms with Crippen molar-refractivity contribution in [2.45, 2.75) is 25.2 Å². The number of nitrogens with one attached hydrogen (secondary N) is 1. The van der Waals surface area contributed by atoms with E-state index in [4.69, 9.17) is 0 Å². The molecule has 0 radical (unpaired) electrons. The summed E-state index contributed by atoms with van der Waals surface area (Å²) in [4.78, 5) is 16.5. The number of carbonyl (C=O) groups excluding carboxylic acids is 1. The van der Waals surface area contributed by atoms with Crippen LogP contribution in [0, 0.1) is 6.92 Å². The van der Waals surface area contributed by atoms with Crippen LogP contribution >= 0.6 is 0 Å². The van der Waals surface area contributed by atoms with Gasteiger partial charge in [0.25, 0.3) is 0 Å². The van der Waals surface area contributed by atoms with Crippen LogP contribution in [0.2, 0.25) is 0 Å². The molecule has 21 heavy (non-hydrogen) atoms. The standard InChI is InChI=1S/C17H25N3O/c1-14-3-5-15(6-4-14)17(7-8-17)13-18-16(21)20-11-9-19(2)10-12-20/h3-6H,7-13H2,1-2H3,(H,18,21). The molecule has 2 aliphatic rings. The molecule has 114 valence electrons. The van der Waals surface area contributed by atoms with Crippen LogP contribution < -0.4 is 5.32 Å². The lowest BCUT2D eigenvalue weighted by molar-refractivity contribution is 0.154. The maximum atomic E-state index is 12.3. The van der Waals surface area contributed by atoms with Crippen molar-refractivity contribution in [3.8, 4) is 0 Å². The van der Waals surface area contributed by atoms with Gasteiger partial charge in [-0.2, -0.15) is 0 Å². The summed E-state index contributed by atoms with van der Waals surface area (Å²) in [6.07, 6.45) is 2.36. The Morgan fingerprint density at radius 1 is 1.14 bits per heavy atom. The van der Waals surface area contributed by atoms with Gasteiger partial charge in [0.2, 0.25) is 0 Å². The second-order valence-electron chi connectivity index (χ2n) is 6.60. The summed E-state index contributed by atoms with van der Waals surface area (Å²) in [7, 11) is 2.10. The number of carbonyl (C=O) groups is 1. The maximum Gasteiger partial charge on any atom is 0.317 e. The highest BCUT2D eigenvalue weighted by atomic mass is 16.2. The van der Waals surface area contributed by atoms with Gasteiger partial charge in [0.05, 0.1) is 0 Å². The molecule has 4 heteroatoms. The molecule has 0 atom stereocenters. The summed E-state index contributed by atoms with van der Waals surface area (Å²) in [5, 5.41) is 3.15. The number of rotatable bonds is 3. The van der Waals surface area contributed by atoms with Crippen LogP contribution in [0.5, 0.6) is 0 Å². The number of urea groups is 1. The van der Waals surface area contributed by atoms with E-state index in [-0.39, 0.29) is 11.4 Å². The Hall–Kier alpha value is -1.55. The van der Waals surface area contributed by atoms with E-state index < -0.39 is 0 Å². The number of nitrogens with zero attached hydrogens (tertiary/aromatic N) is 2. The van der Waals surface area contributed by atoms with Crippen molar-refractivity contribution >= 4 is 6.03 Å². The average molecular weight is 287 g/mol. The van der Waals surface area contributed by atoms with E-state index in [2.05, 4.69) is 48.5 Å². The molecule has 3 rings (SSSR count). The highest BCUT2D eigenvalue weighted by Gasteiger charge is 2.44. The Balaban J connectivity index is 1.55. The normalized spacial score (nSPS) is 21.1. The Morgan fingerprint density at radius 2 is 1.76 bits per heavy atom. The summed E-state index contributed by atoms with van der Waals surface area (Å²) in [6, 6.07) is 8.85. The Kier molecular flexibility index (Phi) is 3.89. The molecule has 2 fully saturated rings. The molecule has 2 amide bonds. The van der Waals surface area contributed by atoms with E-state index in [0.717, 1.165) is 32.7 Å². The molecule has 0 unspecified atom stereocenters. The fraction of sp³-hybridized carbons (Fsp3) is 0.588. The molecule has 4 nitrogen and oxygen atoms in total. The predicted octanol–water partition coefficient (Wildman–Crippen LogP) is 1.98. The Labute approximate surface area is 127 Å². The van der Waals surface area contributed by atoms with Crippen molar-refractivity contribution in [3.63, 3.8) is 0 Å². The summed E-state index contributed by atoms with van der Waals surface area (Å²) in [5.41, 5.74) is 2.85. The van der Waals surface area contributed by atoms with E-state index >= 15 is 0 Å². The van der Waals surface area contributed by atoms with Gasteiger partial charge in [0.1, 0.15) is 0 Å². The van der Waals surface area contributed by atoms with Gasteiger partial charge in [-0.3, -0.25) is 0 Å². The maximum absolute atomic E-state index is 12.3. The highest BCUT2D eigenvalue weighted by molar-refractivity contribution is 5.74. The van der Waals surface area contributed by atoms with Gasteiger partial charge in [-0.1, -0.05) is 29.8 Å². The molecule has 1 aliphatic heterocycles. The molecular formula is C17H25N3O. The minimum atomic E-state index is 0.0986. The zero-order valence-corrected chi connectivity index (χ0v) is 13.1. The smallest absolute Gasteiger partial charge is 0.317 e. The number of aryl methyl sites for hydroxylation is 1. The SMILES string of the molecule is Cc1ccc(C2(CNC(=O)N3CCN(C)CC3)CC2)cc1. The molecule has 0 spiro atoms. The first-order chi connectivity index (χ1) is 10.1. The van der Waals surface area contributed by atoms with E-state index in [0.29, 0.717) is 0 Å². The van der Waals surface area contributed by atoms with Crippen molar-refractivity contribution < 1.29 is 4.79 Å². The first-order valence-electron chi connectivity index (χ1n) is 7.88. The lowest BCUT2D eigenvalue weighted by atomic mass is 9.95. The molecule has 1 saturated carbocycles. The number of hydrogen-bond donors (Lipinski definition) is 1. The quantitative estimate of drug-likeness (QED) is 0.923. The number of benzene rings is 1. The fourth-order valence-corrected chi connectivity index (χ4v) is 2.99. The van der Waals surface area contributed by atoms with Crippen molar-refractivity contribution in [1.29, 1.82) is 0 Å². The van der Waals surface area contributed by atoms with Gasteiger partial charge < -0.3 is 15.1 Å². The van der Waals surface area contributed by atoms with Crippen LogP contribution in [-0.2, 0) is 5.41 Å². The lowest BCUT2D eigenvalue weighted by Gasteiger charge is -2.32. The molecule has 1 aliphatic carbocycles. The molecule has 0 aromatic heterocycles. The third kappa shape index (κ3) is 3.21. The second kappa shape index (κ2) is 5.68. The topological polar surface area (TPSA) is 35.6 Å². The van der Waals surface area contributed by atoms with Crippen molar-refractivity contribution in [1.82, 2.24) is 15.1 Å². The molecular weight excluding hydrogens is 262 g/mol. The van der Waals surface area contributed by atoms with Crippen LogP contribution in [-0.4, -0.2) is 55.6 Å². The third-order valence-electron chi connectivity index (χ3n) is 4.89.